The van der Waals surface area contributed by atoms with Crippen LogP contribution in [0.25, 0.3) is 0 Å². The van der Waals surface area contributed by atoms with Gasteiger partial charge in [-0.3, -0.25) is 0 Å². The van der Waals surface area contributed by atoms with Gasteiger partial charge in [0.15, 0.2) is 0 Å². The summed E-state index contributed by atoms with van der Waals surface area (Å²) >= 11 is 0. The highest BCUT2D eigenvalue weighted by Crippen LogP contribution is 2.25. The van der Waals surface area contributed by atoms with Gasteiger partial charge in [0, 0.05) is 0 Å². The third kappa shape index (κ3) is 4.61. The third-order valence-electron chi connectivity index (χ3n) is 3.04. The highest BCUT2D eigenvalue weighted by molar-refractivity contribution is 5.12. The first-order valence-corrected chi connectivity index (χ1v) is 5.66. The Hall–Kier alpha value is -0.560. The van der Waals surface area contributed by atoms with Gasteiger partial charge in [-0.1, -0.05) is 44.1 Å². The lowest BCUT2D eigenvalue weighted by Gasteiger charge is -2.22. The number of allylic oxidation sites excluding steroid dienone is 4. The lowest BCUT2D eigenvalue weighted by molar-refractivity contribution is 0.370. The Morgan fingerprint density at radius 1 is 1.43 bits per heavy atom. The van der Waals surface area contributed by atoms with Crippen LogP contribution in [0.15, 0.2) is 23.8 Å². The predicted molar refractivity (Wildman–Crippen MR) is 65.2 cm³/mol. The highest BCUT2D eigenvalue weighted by atomic mass is 14.5. The van der Waals surface area contributed by atoms with Gasteiger partial charge in [-0.25, -0.2) is 0 Å². The van der Waals surface area contributed by atoms with Crippen molar-refractivity contribution in [1.29, 1.82) is 0 Å². The Morgan fingerprint density at radius 2 is 2.07 bits per heavy atom. The molecule has 1 nitrogen and oxygen atoms in total. The molecule has 0 radical (unpaired) electrons. The maximum Gasteiger partial charge on any atom is -0.00744 e. The van der Waals surface area contributed by atoms with Gasteiger partial charge in [0.2, 0.25) is 0 Å². The monoisotopic (exact) mass is 195 g/mol. The summed E-state index contributed by atoms with van der Waals surface area (Å²) in [5, 5.41) is 0. The van der Waals surface area contributed by atoms with Crippen molar-refractivity contribution >= 4 is 0 Å². The van der Waals surface area contributed by atoms with Gasteiger partial charge in [0.25, 0.3) is 0 Å². The second-order valence-corrected chi connectivity index (χ2v) is 3.97. The van der Waals surface area contributed by atoms with E-state index in [-0.39, 0.29) is 0 Å². The summed E-state index contributed by atoms with van der Waals surface area (Å²) in [6.45, 7) is 9.62. The molecule has 0 aromatic carbocycles. The van der Waals surface area contributed by atoms with Crippen LogP contribution in [0.2, 0.25) is 0 Å². The van der Waals surface area contributed by atoms with E-state index in [1.165, 1.54) is 12.0 Å². The molecule has 0 aliphatic rings. The van der Waals surface area contributed by atoms with Crippen LogP contribution in [0.5, 0.6) is 0 Å². The first-order chi connectivity index (χ1) is 6.67. The molecule has 1 heteroatoms. The van der Waals surface area contributed by atoms with Crippen LogP contribution in [-0.2, 0) is 0 Å². The fraction of sp³-hybridized carbons (Fsp3) is 0.692. The molecule has 0 spiro atoms. The topological polar surface area (TPSA) is 26.0 Å². The van der Waals surface area contributed by atoms with E-state index >= 15 is 0 Å². The quantitative estimate of drug-likeness (QED) is 0.645. The van der Waals surface area contributed by atoms with Crippen molar-refractivity contribution in [2.45, 2.75) is 40.5 Å². The zero-order valence-corrected chi connectivity index (χ0v) is 10.1. The highest BCUT2D eigenvalue weighted by Gasteiger charge is 2.15. The van der Waals surface area contributed by atoms with E-state index in [9.17, 15) is 0 Å². The molecule has 0 heterocycles. The van der Waals surface area contributed by atoms with Crippen molar-refractivity contribution in [2.75, 3.05) is 6.54 Å². The molecule has 0 aliphatic heterocycles. The molecular formula is C13H25N. The predicted octanol–water partition coefficient (Wildman–Crippen LogP) is 3.52. The van der Waals surface area contributed by atoms with Crippen LogP contribution < -0.4 is 5.73 Å². The average molecular weight is 195 g/mol. The maximum atomic E-state index is 5.61. The lowest BCUT2D eigenvalue weighted by Crippen LogP contribution is -2.16. The van der Waals surface area contributed by atoms with E-state index < -0.39 is 0 Å². The summed E-state index contributed by atoms with van der Waals surface area (Å²) < 4.78 is 0. The second-order valence-electron chi connectivity index (χ2n) is 3.97. The van der Waals surface area contributed by atoms with E-state index in [4.69, 9.17) is 5.73 Å². The van der Waals surface area contributed by atoms with Gasteiger partial charge in [0.1, 0.15) is 0 Å². The number of hydrogen-bond acceptors (Lipinski definition) is 1. The Kier molecular flexibility index (Phi) is 7.50. The van der Waals surface area contributed by atoms with Crippen LogP contribution in [0, 0.1) is 11.8 Å². The number of nitrogens with two attached hydrogens (primary N) is 1. The van der Waals surface area contributed by atoms with Gasteiger partial charge in [-0.15, -0.1) is 0 Å². The van der Waals surface area contributed by atoms with Gasteiger partial charge in [-0.2, -0.15) is 0 Å². The lowest BCUT2D eigenvalue weighted by atomic mass is 9.84. The van der Waals surface area contributed by atoms with Crippen LogP contribution in [0.3, 0.4) is 0 Å². The molecule has 0 aliphatic carbocycles. The first-order valence-electron chi connectivity index (χ1n) is 5.66. The molecule has 0 fully saturated rings. The number of hydrogen-bond donors (Lipinski definition) is 1. The summed E-state index contributed by atoms with van der Waals surface area (Å²) in [4.78, 5) is 0. The van der Waals surface area contributed by atoms with Crippen molar-refractivity contribution in [2.24, 2.45) is 17.6 Å². The van der Waals surface area contributed by atoms with Gasteiger partial charge < -0.3 is 5.73 Å². The first kappa shape index (κ1) is 13.4. The Morgan fingerprint density at radius 3 is 2.50 bits per heavy atom. The summed E-state index contributed by atoms with van der Waals surface area (Å²) in [5.74, 6) is 1.39. The molecule has 2 atom stereocenters. The minimum Gasteiger partial charge on any atom is -0.330 e. The van der Waals surface area contributed by atoms with Crippen LogP contribution in [0.1, 0.15) is 40.5 Å². The van der Waals surface area contributed by atoms with E-state index in [1.54, 1.807) is 0 Å². The maximum absolute atomic E-state index is 5.61. The minimum atomic E-state index is 0.653. The van der Waals surface area contributed by atoms with Crippen molar-refractivity contribution < 1.29 is 0 Å². The van der Waals surface area contributed by atoms with E-state index in [0.29, 0.717) is 5.92 Å². The molecule has 0 rings (SSSR count). The van der Waals surface area contributed by atoms with Crippen molar-refractivity contribution in [3.8, 4) is 0 Å². The Bertz CT molecular complexity index is 191. The van der Waals surface area contributed by atoms with Crippen molar-refractivity contribution in [1.82, 2.24) is 0 Å². The summed E-state index contributed by atoms with van der Waals surface area (Å²) in [7, 11) is 0. The average Bonchev–Trinajstić information content (AvgIpc) is 2.21. The molecular weight excluding hydrogens is 170 g/mol. The van der Waals surface area contributed by atoms with Crippen LogP contribution in [0.4, 0.5) is 0 Å². The molecule has 0 saturated heterocycles. The summed E-state index contributed by atoms with van der Waals surface area (Å²) in [5.41, 5.74) is 7.07. The van der Waals surface area contributed by atoms with Crippen LogP contribution >= 0.6 is 0 Å². The SMILES string of the molecule is C/C=C\C=C(/C)[C@H](C)[C@@H](CC)CCN. The molecule has 0 unspecified atom stereocenters. The van der Waals surface area contributed by atoms with Crippen molar-refractivity contribution in [3.05, 3.63) is 23.8 Å². The standard InChI is InChI=1S/C13H25N/c1-5-7-8-11(3)12(4)13(6-2)9-10-14/h5,7-8,12-13H,6,9-10,14H2,1-4H3/b7-5-,11-8+/t12-,13-/m0/s1. The minimum absolute atomic E-state index is 0.653. The van der Waals surface area contributed by atoms with Gasteiger partial charge in [-0.05, 0) is 38.6 Å². The second kappa shape index (κ2) is 7.81. The molecule has 0 aromatic heterocycles. The fourth-order valence-corrected chi connectivity index (χ4v) is 1.79. The summed E-state index contributed by atoms with van der Waals surface area (Å²) in [6, 6.07) is 0. The molecule has 2 N–H and O–H groups in total. The molecule has 0 aromatic rings. The molecule has 82 valence electrons. The number of rotatable bonds is 6. The summed E-state index contributed by atoms with van der Waals surface area (Å²) in [6.07, 6.45) is 8.75. The molecule has 0 bridgehead atoms. The van der Waals surface area contributed by atoms with Crippen molar-refractivity contribution in [3.63, 3.8) is 0 Å². The third-order valence-corrected chi connectivity index (χ3v) is 3.04. The van der Waals surface area contributed by atoms with E-state index in [0.717, 1.165) is 18.9 Å². The smallest absolute Gasteiger partial charge is 0.00744 e. The van der Waals surface area contributed by atoms with Crippen LogP contribution in [-0.4, -0.2) is 6.54 Å². The Balaban J connectivity index is 4.32. The fourth-order valence-electron chi connectivity index (χ4n) is 1.79. The largest absolute Gasteiger partial charge is 0.330 e. The van der Waals surface area contributed by atoms with E-state index in [1.807, 2.05) is 6.92 Å². The molecule has 14 heavy (non-hydrogen) atoms. The van der Waals surface area contributed by atoms with E-state index in [2.05, 4.69) is 39.0 Å². The zero-order chi connectivity index (χ0) is 11.0. The molecule has 0 saturated carbocycles. The van der Waals surface area contributed by atoms with Gasteiger partial charge >= 0.3 is 0 Å². The Labute approximate surface area is 89.1 Å². The molecule has 0 amide bonds. The normalized spacial score (nSPS) is 17.4. The van der Waals surface area contributed by atoms with Gasteiger partial charge in [0.05, 0.1) is 0 Å². The zero-order valence-electron chi connectivity index (χ0n) is 10.1.